The Morgan fingerprint density at radius 2 is 1.61 bits per heavy atom. The minimum Gasteiger partial charge on any atom is -0.488 e. The molecule has 1 aliphatic rings. The molecule has 6 nitrogen and oxygen atoms in total. The van der Waals surface area contributed by atoms with Crippen LogP contribution in [0.2, 0.25) is 0 Å². The van der Waals surface area contributed by atoms with E-state index in [1.165, 1.54) is 6.08 Å². The van der Waals surface area contributed by atoms with E-state index >= 15 is 0 Å². The molecule has 0 bridgehead atoms. The van der Waals surface area contributed by atoms with E-state index in [4.69, 9.17) is 4.74 Å². The van der Waals surface area contributed by atoms with E-state index in [2.05, 4.69) is 5.32 Å². The number of nitrogens with one attached hydrogen (secondary N) is 1. The van der Waals surface area contributed by atoms with Gasteiger partial charge in [0.15, 0.2) is 0 Å². The number of rotatable bonds is 5. The topological polar surface area (TPSA) is 75.7 Å². The number of nitrogens with zero attached hydrogens (tertiary/aromatic N) is 1. The largest absolute Gasteiger partial charge is 0.488 e. The van der Waals surface area contributed by atoms with Crippen LogP contribution in [0.4, 0.5) is 10.5 Å². The lowest BCUT2D eigenvalue weighted by atomic mass is 10.0. The number of barbiturate groups is 1. The molecule has 4 amide bonds. The summed E-state index contributed by atoms with van der Waals surface area (Å²) in [7, 11) is 0. The van der Waals surface area contributed by atoms with Crippen LogP contribution in [0.5, 0.6) is 5.75 Å². The summed E-state index contributed by atoms with van der Waals surface area (Å²) in [5.41, 5.74) is 3.52. The number of imide groups is 2. The third kappa shape index (κ3) is 4.36. The van der Waals surface area contributed by atoms with Crippen molar-refractivity contribution in [1.29, 1.82) is 0 Å². The Balaban J connectivity index is 1.47. The van der Waals surface area contributed by atoms with Gasteiger partial charge in [0.2, 0.25) is 0 Å². The summed E-state index contributed by atoms with van der Waals surface area (Å²) in [6.07, 6.45) is 1.47. The fourth-order valence-electron chi connectivity index (χ4n) is 4.30. The number of benzene rings is 4. The van der Waals surface area contributed by atoms with Crippen LogP contribution in [0.25, 0.3) is 16.8 Å². The molecule has 0 radical (unpaired) electrons. The van der Waals surface area contributed by atoms with Crippen molar-refractivity contribution >= 4 is 40.4 Å². The highest BCUT2D eigenvalue weighted by Crippen LogP contribution is 2.29. The zero-order valence-electron chi connectivity index (χ0n) is 19.9. The van der Waals surface area contributed by atoms with Crippen LogP contribution in [0.15, 0.2) is 90.5 Å². The van der Waals surface area contributed by atoms with E-state index in [-0.39, 0.29) is 5.57 Å². The summed E-state index contributed by atoms with van der Waals surface area (Å²) < 4.78 is 6.14. The van der Waals surface area contributed by atoms with Crippen molar-refractivity contribution in [2.75, 3.05) is 4.90 Å². The number of carbonyl (C=O) groups excluding carboxylic acids is 3. The van der Waals surface area contributed by atoms with Gasteiger partial charge in [0.1, 0.15) is 17.9 Å². The zero-order valence-corrected chi connectivity index (χ0v) is 19.9. The Bertz CT molecular complexity index is 1550. The highest BCUT2D eigenvalue weighted by atomic mass is 16.5. The fourth-order valence-corrected chi connectivity index (χ4v) is 4.30. The Hall–Kier alpha value is -4.71. The maximum absolute atomic E-state index is 13.4. The first-order valence-corrected chi connectivity index (χ1v) is 11.6. The predicted molar refractivity (Wildman–Crippen MR) is 140 cm³/mol. The number of aryl methyl sites for hydroxylation is 2. The number of ether oxygens (including phenoxy) is 1. The smallest absolute Gasteiger partial charge is 0.335 e. The Morgan fingerprint density at radius 3 is 2.47 bits per heavy atom. The summed E-state index contributed by atoms with van der Waals surface area (Å²) in [5, 5.41) is 4.51. The molecule has 4 aromatic carbocycles. The Kier molecular flexibility index (Phi) is 6.09. The predicted octanol–water partition coefficient (Wildman–Crippen LogP) is 5.70. The SMILES string of the molecule is Cc1ccc(C)c(N2C(=O)NC(=O)/C(=C\c3ccccc3OCc3cccc4ccccc34)C2=O)c1. The quantitative estimate of drug-likeness (QED) is 0.296. The van der Waals surface area contributed by atoms with E-state index in [0.717, 1.165) is 32.4 Å². The van der Waals surface area contributed by atoms with Crippen molar-refractivity contribution < 1.29 is 19.1 Å². The molecular weight excluding hydrogens is 452 g/mol. The summed E-state index contributed by atoms with van der Waals surface area (Å²) in [4.78, 5) is 39.7. The van der Waals surface area contributed by atoms with E-state index < -0.39 is 17.8 Å². The number of hydrogen-bond acceptors (Lipinski definition) is 4. The van der Waals surface area contributed by atoms with Gasteiger partial charge in [0, 0.05) is 5.56 Å². The van der Waals surface area contributed by atoms with Crippen LogP contribution < -0.4 is 15.0 Å². The molecular formula is C30H24N2O4. The molecule has 1 N–H and O–H groups in total. The second-order valence-corrected chi connectivity index (χ2v) is 8.71. The minimum atomic E-state index is -0.767. The number of carbonyl (C=O) groups is 3. The molecule has 1 saturated heterocycles. The Labute approximate surface area is 208 Å². The standard InChI is InChI=1S/C30H24N2O4/c1-19-14-15-20(2)26(16-19)32-29(34)25(28(33)31-30(32)35)17-22-9-4-6-13-27(22)36-18-23-11-7-10-21-8-3-5-12-24(21)23/h3-17H,18H2,1-2H3,(H,31,33,35)/b25-17+. The molecule has 178 valence electrons. The normalized spacial score (nSPS) is 14.9. The van der Waals surface area contributed by atoms with Crippen LogP contribution in [-0.2, 0) is 16.2 Å². The maximum atomic E-state index is 13.4. The molecule has 6 heteroatoms. The van der Waals surface area contributed by atoms with Gasteiger partial charge in [-0.25, -0.2) is 9.69 Å². The molecule has 1 fully saturated rings. The minimum absolute atomic E-state index is 0.142. The summed E-state index contributed by atoms with van der Waals surface area (Å²) >= 11 is 0. The molecule has 0 aliphatic carbocycles. The van der Waals surface area contributed by atoms with Crippen LogP contribution >= 0.6 is 0 Å². The third-order valence-electron chi connectivity index (χ3n) is 6.19. The van der Waals surface area contributed by atoms with Crippen molar-refractivity contribution in [1.82, 2.24) is 5.32 Å². The summed E-state index contributed by atoms with van der Waals surface area (Å²) in [5.74, 6) is -0.898. The van der Waals surface area contributed by atoms with Crippen molar-refractivity contribution in [3.63, 3.8) is 0 Å². The molecule has 0 aromatic heterocycles. The van der Waals surface area contributed by atoms with Crippen molar-refractivity contribution in [2.24, 2.45) is 0 Å². The molecule has 0 atom stereocenters. The first-order valence-electron chi connectivity index (χ1n) is 11.6. The van der Waals surface area contributed by atoms with Gasteiger partial charge in [-0.2, -0.15) is 0 Å². The number of amides is 4. The highest BCUT2D eigenvalue weighted by Gasteiger charge is 2.37. The average Bonchev–Trinajstić information content (AvgIpc) is 2.87. The van der Waals surface area contributed by atoms with Gasteiger partial charge in [-0.05, 0) is 59.5 Å². The average molecular weight is 477 g/mol. The van der Waals surface area contributed by atoms with Gasteiger partial charge in [-0.15, -0.1) is 0 Å². The fraction of sp³-hybridized carbons (Fsp3) is 0.100. The van der Waals surface area contributed by atoms with Gasteiger partial charge in [-0.1, -0.05) is 72.8 Å². The molecule has 1 aliphatic heterocycles. The molecule has 5 rings (SSSR count). The number of anilines is 1. The summed E-state index contributed by atoms with van der Waals surface area (Å²) in [6, 6.07) is 26.0. The molecule has 0 saturated carbocycles. The second-order valence-electron chi connectivity index (χ2n) is 8.71. The number of hydrogen-bond donors (Lipinski definition) is 1. The van der Waals surface area contributed by atoms with Crippen LogP contribution in [0.1, 0.15) is 22.3 Å². The lowest BCUT2D eigenvalue weighted by molar-refractivity contribution is -0.122. The van der Waals surface area contributed by atoms with Gasteiger partial charge >= 0.3 is 6.03 Å². The van der Waals surface area contributed by atoms with Crippen LogP contribution in [-0.4, -0.2) is 17.8 Å². The zero-order chi connectivity index (χ0) is 25.2. The maximum Gasteiger partial charge on any atom is 0.335 e. The Morgan fingerprint density at radius 1 is 0.861 bits per heavy atom. The molecule has 4 aromatic rings. The number of urea groups is 1. The van der Waals surface area contributed by atoms with Gasteiger partial charge in [-0.3, -0.25) is 14.9 Å². The van der Waals surface area contributed by atoms with E-state index in [1.807, 2.05) is 74.5 Å². The lowest BCUT2D eigenvalue weighted by Crippen LogP contribution is -2.54. The first kappa shape index (κ1) is 23.1. The third-order valence-corrected chi connectivity index (χ3v) is 6.19. The highest BCUT2D eigenvalue weighted by molar-refractivity contribution is 6.39. The monoisotopic (exact) mass is 476 g/mol. The van der Waals surface area contributed by atoms with Crippen molar-refractivity contribution in [3.8, 4) is 5.75 Å². The molecule has 36 heavy (non-hydrogen) atoms. The molecule has 1 heterocycles. The van der Waals surface area contributed by atoms with Crippen molar-refractivity contribution in [3.05, 3.63) is 113 Å². The van der Waals surface area contributed by atoms with Crippen molar-refractivity contribution in [2.45, 2.75) is 20.5 Å². The van der Waals surface area contributed by atoms with Crippen LogP contribution in [0.3, 0.4) is 0 Å². The number of fused-ring (bicyclic) bond motifs is 1. The number of para-hydroxylation sites is 1. The van der Waals surface area contributed by atoms with Gasteiger partial charge in [0.05, 0.1) is 5.69 Å². The summed E-state index contributed by atoms with van der Waals surface area (Å²) in [6.45, 7) is 4.00. The van der Waals surface area contributed by atoms with E-state index in [1.54, 1.807) is 24.3 Å². The van der Waals surface area contributed by atoms with E-state index in [9.17, 15) is 14.4 Å². The van der Waals surface area contributed by atoms with Gasteiger partial charge < -0.3 is 4.74 Å². The molecule has 0 spiro atoms. The first-order chi connectivity index (χ1) is 17.4. The lowest BCUT2D eigenvalue weighted by Gasteiger charge is -2.28. The van der Waals surface area contributed by atoms with Gasteiger partial charge in [0.25, 0.3) is 11.8 Å². The van der Waals surface area contributed by atoms with Crippen LogP contribution in [0, 0.1) is 13.8 Å². The van der Waals surface area contributed by atoms with E-state index in [0.29, 0.717) is 23.6 Å². The second kappa shape index (κ2) is 9.50. The molecule has 0 unspecified atom stereocenters.